The zero-order valence-electron chi connectivity index (χ0n) is 16.6. The molecule has 0 aliphatic rings. The summed E-state index contributed by atoms with van der Waals surface area (Å²) in [6, 6.07) is 16.4. The van der Waals surface area contributed by atoms with Crippen LogP contribution in [0.25, 0.3) is 0 Å². The number of hydrogen-bond acceptors (Lipinski definition) is 3. The molecule has 0 aliphatic heterocycles. The van der Waals surface area contributed by atoms with Gasteiger partial charge in [-0.25, -0.2) is 8.42 Å². The maximum absolute atomic E-state index is 12.8. The molecular weight excluding hydrogens is 372 g/mol. The minimum atomic E-state index is -3.42. The molecule has 0 saturated heterocycles. The van der Waals surface area contributed by atoms with E-state index in [0.717, 1.165) is 18.2 Å². The SMILES string of the molecule is C=CCN(c1ccc(C(=O)N[C@@H](CC(C)C)c2ccccc2)cc1)S(C)(=O)=O. The van der Waals surface area contributed by atoms with Crippen molar-refractivity contribution in [2.24, 2.45) is 5.92 Å². The predicted octanol–water partition coefficient (Wildman–Crippen LogP) is 4.16. The van der Waals surface area contributed by atoms with Crippen LogP contribution in [-0.4, -0.2) is 27.1 Å². The van der Waals surface area contributed by atoms with Crippen LogP contribution in [-0.2, 0) is 10.0 Å². The molecular formula is C22H28N2O3S. The Morgan fingerprint density at radius 3 is 2.21 bits per heavy atom. The summed E-state index contributed by atoms with van der Waals surface area (Å²) in [6.45, 7) is 8.02. The topological polar surface area (TPSA) is 66.5 Å². The summed E-state index contributed by atoms with van der Waals surface area (Å²) in [5, 5.41) is 3.10. The third kappa shape index (κ3) is 5.96. The van der Waals surface area contributed by atoms with Gasteiger partial charge in [0.15, 0.2) is 0 Å². The summed E-state index contributed by atoms with van der Waals surface area (Å²) in [6.07, 6.45) is 3.50. The molecule has 0 unspecified atom stereocenters. The van der Waals surface area contributed by atoms with Crippen molar-refractivity contribution in [2.75, 3.05) is 17.1 Å². The second-order valence-corrected chi connectivity index (χ2v) is 9.10. The molecule has 1 N–H and O–H groups in total. The molecule has 150 valence electrons. The second kappa shape index (κ2) is 9.55. The van der Waals surface area contributed by atoms with Gasteiger partial charge >= 0.3 is 0 Å². The highest BCUT2D eigenvalue weighted by Gasteiger charge is 2.19. The Morgan fingerprint density at radius 2 is 1.71 bits per heavy atom. The summed E-state index contributed by atoms with van der Waals surface area (Å²) in [5.74, 6) is 0.241. The van der Waals surface area contributed by atoms with E-state index in [-0.39, 0.29) is 18.5 Å². The first kappa shape index (κ1) is 21.7. The Kier molecular flexibility index (Phi) is 7.40. The fraction of sp³-hybridized carbons (Fsp3) is 0.318. The standard InChI is InChI=1S/C22H28N2O3S/c1-5-15-24(28(4,26)27)20-13-11-19(12-14-20)22(25)23-21(16-17(2)3)18-9-7-6-8-10-18/h5-14,17,21H,1,15-16H2,2-4H3,(H,23,25)/t21-/m0/s1. The average Bonchev–Trinajstić information content (AvgIpc) is 2.65. The van der Waals surface area contributed by atoms with Gasteiger partial charge in [-0.1, -0.05) is 50.3 Å². The molecule has 0 radical (unpaired) electrons. The number of nitrogens with zero attached hydrogens (tertiary/aromatic N) is 1. The number of nitrogens with one attached hydrogen (secondary N) is 1. The number of sulfonamides is 1. The van der Waals surface area contributed by atoms with Crippen molar-refractivity contribution in [1.82, 2.24) is 5.32 Å². The van der Waals surface area contributed by atoms with Crippen molar-refractivity contribution in [1.29, 1.82) is 0 Å². The van der Waals surface area contributed by atoms with Gasteiger partial charge in [-0.15, -0.1) is 6.58 Å². The lowest BCUT2D eigenvalue weighted by Gasteiger charge is -2.22. The summed E-state index contributed by atoms with van der Waals surface area (Å²) < 4.78 is 25.1. The maximum Gasteiger partial charge on any atom is 0.251 e. The highest BCUT2D eigenvalue weighted by Crippen LogP contribution is 2.23. The van der Waals surface area contributed by atoms with Crippen LogP contribution in [0.15, 0.2) is 67.3 Å². The lowest BCUT2D eigenvalue weighted by Crippen LogP contribution is -2.31. The highest BCUT2D eigenvalue weighted by molar-refractivity contribution is 7.92. The smallest absolute Gasteiger partial charge is 0.251 e. The molecule has 0 aromatic heterocycles. The monoisotopic (exact) mass is 400 g/mol. The number of anilines is 1. The van der Waals surface area contributed by atoms with E-state index in [1.807, 2.05) is 30.3 Å². The van der Waals surface area contributed by atoms with Gasteiger partial charge in [0.05, 0.1) is 24.5 Å². The van der Waals surface area contributed by atoms with Gasteiger partial charge in [-0.2, -0.15) is 0 Å². The fourth-order valence-corrected chi connectivity index (χ4v) is 3.89. The van der Waals surface area contributed by atoms with Gasteiger partial charge in [0.25, 0.3) is 5.91 Å². The lowest BCUT2D eigenvalue weighted by molar-refractivity contribution is 0.0932. The van der Waals surface area contributed by atoms with E-state index in [0.29, 0.717) is 17.2 Å². The van der Waals surface area contributed by atoms with E-state index < -0.39 is 10.0 Å². The van der Waals surface area contributed by atoms with Crippen molar-refractivity contribution in [3.05, 3.63) is 78.4 Å². The Hall–Kier alpha value is -2.60. The number of carbonyl (C=O) groups excluding carboxylic acids is 1. The number of amides is 1. The van der Waals surface area contributed by atoms with Crippen LogP contribution in [0, 0.1) is 5.92 Å². The summed E-state index contributed by atoms with van der Waals surface area (Å²) in [7, 11) is -3.42. The van der Waals surface area contributed by atoms with Crippen molar-refractivity contribution < 1.29 is 13.2 Å². The summed E-state index contributed by atoms with van der Waals surface area (Å²) >= 11 is 0. The number of hydrogen-bond donors (Lipinski definition) is 1. The van der Waals surface area contributed by atoms with Gasteiger partial charge in [0.1, 0.15) is 0 Å². The van der Waals surface area contributed by atoms with Crippen LogP contribution in [0.2, 0.25) is 0 Å². The Morgan fingerprint density at radius 1 is 1.11 bits per heavy atom. The van der Waals surface area contributed by atoms with Crippen LogP contribution in [0.3, 0.4) is 0 Å². The van der Waals surface area contributed by atoms with E-state index in [9.17, 15) is 13.2 Å². The second-order valence-electron chi connectivity index (χ2n) is 7.20. The molecule has 1 amide bonds. The van der Waals surface area contributed by atoms with Gasteiger partial charge in [-0.3, -0.25) is 9.10 Å². The Labute approximate surface area is 168 Å². The quantitative estimate of drug-likeness (QED) is 0.643. The Balaban J connectivity index is 2.20. The molecule has 2 aromatic rings. The van der Waals surface area contributed by atoms with Crippen molar-refractivity contribution in [2.45, 2.75) is 26.3 Å². The molecule has 2 aromatic carbocycles. The molecule has 0 fully saturated rings. The first-order valence-electron chi connectivity index (χ1n) is 9.27. The maximum atomic E-state index is 12.8. The number of rotatable bonds is 9. The Bertz CT molecular complexity index is 891. The normalized spacial score (nSPS) is 12.4. The minimum Gasteiger partial charge on any atom is -0.345 e. The van der Waals surface area contributed by atoms with E-state index in [4.69, 9.17) is 0 Å². The molecule has 0 saturated carbocycles. The van der Waals surface area contributed by atoms with Gasteiger partial charge in [0.2, 0.25) is 10.0 Å². The van der Waals surface area contributed by atoms with Crippen molar-refractivity contribution >= 4 is 21.6 Å². The molecule has 1 atom stereocenters. The third-order valence-corrected chi connectivity index (χ3v) is 5.49. The van der Waals surface area contributed by atoms with Crippen LogP contribution in [0.4, 0.5) is 5.69 Å². The largest absolute Gasteiger partial charge is 0.345 e. The summed E-state index contributed by atoms with van der Waals surface area (Å²) in [5.41, 5.74) is 2.05. The zero-order chi connectivity index (χ0) is 20.7. The van der Waals surface area contributed by atoms with E-state index >= 15 is 0 Å². The molecule has 0 bridgehead atoms. The molecule has 5 nitrogen and oxygen atoms in total. The number of benzene rings is 2. The molecule has 6 heteroatoms. The predicted molar refractivity (Wildman–Crippen MR) is 115 cm³/mol. The van der Waals surface area contributed by atoms with E-state index in [2.05, 4.69) is 25.7 Å². The van der Waals surface area contributed by atoms with Crippen LogP contribution in [0.5, 0.6) is 0 Å². The lowest BCUT2D eigenvalue weighted by atomic mass is 9.96. The van der Waals surface area contributed by atoms with Gasteiger partial charge in [0, 0.05) is 5.56 Å². The molecule has 28 heavy (non-hydrogen) atoms. The minimum absolute atomic E-state index is 0.0818. The first-order valence-corrected chi connectivity index (χ1v) is 11.1. The van der Waals surface area contributed by atoms with Gasteiger partial charge < -0.3 is 5.32 Å². The fourth-order valence-electron chi connectivity index (χ4n) is 3.01. The molecule has 0 spiro atoms. The molecule has 0 aliphatic carbocycles. The zero-order valence-corrected chi connectivity index (χ0v) is 17.4. The highest BCUT2D eigenvalue weighted by atomic mass is 32.2. The van der Waals surface area contributed by atoms with Crippen LogP contribution < -0.4 is 9.62 Å². The average molecular weight is 401 g/mol. The van der Waals surface area contributed by atoms with Crippen molar-refractivity contribution in [3.8, 4) is 0 Å². The van der Waals surface area contributed by atoms with E-state index in [1.54, 1.807) is 24.3 Å². The number of carbonyl (C=O) groups is 1. The van der Waals surface area contributed by atoms with Crippen LogP contribution in [0.1, 0.15) is 42.2 Å². The summed E-state index contributed by atoms with van der Waals surface area (Å²) in [4.78, 5) is 12.8. The van der Waals surface area contributed by atoms with E-state index in [1.165, 1.54) is 10.4 Å². The first-order chi connectivity index (χ1) is 13.2. The molecule has 2 rings (SSSR count). The van der Waals surface area contributed by atoms with Gasteiger partial charge in [-0.05, 0) is 42.2 Å². The van der Waals surface area contributed by atoms with Crippen molar-refractivity contribution in [3.63, 3.8) is 0 Å². The van der Waals surface area contributed by atoms with Crippen LogP contribution >= 0.6 is 0 Å². The molecule has 0 heterocycles. The third-order valence-electron chi connectivity index (χ3n) is 4.33.